The van der Waals surface area contributed by atoms with E-state index in [1.165, 1.54) is 55.5 Å². The highest BCUT2D eigenvalue weighted by molar-refractivity contribution is 5.85. The van der Waals surface area contributed by atoms with Gasteiger partial charge < -0.3 is 9.80 Å². The second-order valence-electron chi connectivity index (χ2n) is 6.53. The summed E-state index contributed by atoms with van der Waals surface area (Å²) in [6.07, 6.45) is 1.30. The van der Waals surface area contributed by atoms with E-state index in [4.69, 9.17) is 0 Å². The highest BCUT2D eigenvalue weighted by Crippen LogP contribution is 2.17. The lowest BCUT2D eigenvalue weighted by Crippen LogP contribution is -3.29. The maximum Gasteiger partial charge on any atom is 0.127 e. The molecule has 1 aliphatic rings. The predicted molar refractivity (Wildman–Crippen MR) is 88.8 cm³/mol. The molecule has 0 aromatic heterocycles. The summed E-state index contributed by atoms with van der Waals surface area (Å²) in [5.41, 5.74) is 1.51. The topological polar surface area (TPSA) is 8.88 Å². The first-order valence-corrected chi connectivity index (χ1v) is 8.42. The molecule has 1 aliphatic heterocycles. The molecule has 0 amide bonds. The molecule has 1 fully saturated rings. The molecule has 0 spiro atoms. The number of fused-ring (bicyclic) bond motifs is 1. The number of quaternary nitrogens is 2. The fourth-order valence-electron chi connectivity index (χ4n) is 3.60. The Bertz CT molecular complexity index is 580. The summed E-state index contributed by atoms with van der Waals surface area (Å²) >= 11 is 0. The summed E-state index contributed by atoms with van der Waals surface area (Å²) < 4.78 is 0. The van der Waals surface area contributed by atoms with Crippen molar-refractivity contribution < 1.29 is 9.80 Å². The average molecular weight is 284 g/mol. The third kappa shape index (κ3) is 3.28. The first-order valence-electron chi connectivity index (χ1n) is 8.42. The standard InChI is InChI=1S/C19H26N2/c1-3-16(2)21-13-11-20(12-14-21)15-18-9-6-8-17-7-4-5-10-19(17)18/h4-10,16H,3,11-15H2,1-2H3/p+2/t16-/m1/s1. The maximum atomic E-state index is 2.39. The summed E-state index contributed by atoms with van der Waals surface area (Å²) in [7, 11) is 0. The van der Waals surface area contributed by atoms with Gasteiger partial charge in [0.15, 0.2) is 0 Å². The van der Waals surface area contributed by atoms with Crippen molar-refractivity contribution in [2.45, 2.75) is 32.9 Å². The van der Waals surface area contributed by atoms with Crippen molar-refractivity contribution in [1.29, 1.82) is 0 Å². The van der Waals surface area contributed by atoms with Crippen LogP contribution in [0.5, 0.6) is 0 Å². The third-order valence-corrected chi connectivity index (χ3v) is 5.23. The van der Waals surface area contributed by atoms with Crippen LogP contribution in [0.25, 0.3) is 10.8 Å². The van der Waals surface area contributed by atoms with Gasteiger partial charge in [-0.05, 0) is 24.1 Å². The number of benzene rings is 2. The van der Waals surface area contributed by atoms with E-state index in [9.17, 15) is 0 Å². The van der Waals surface area contributed by atoms with Crippen molar-refractivity contribution in [3.8, 4) is 0 Å². The minimum Gasteiger partial charge on any atom is -0.323 e. The van der Waals surface area contributed by atoms with Crippen LogP contribution in [0.15, 0.2) is 42.5 Å². The zero-order valence-corrected chi connectivity index (χ0v) is 13.4. The van der Waals surface area contributed by atoms with Gasteiger partial charge in [0.25, 0.3) is 0 Å². The number of hydrogen-bond acceptors (Lipinski definition) is 0. The minimum atomic E-state index is 0.823. The van der Waals surface area contributed by atoms with E-state index in [2.05, 4.69) is 56.3 Å². The summed E-state index contributed by atoms with van der Waals surface area (Å²) in [5, 5.41) is 2.81. The number of rotatable bonds is 4. The van der Waals surface area contributed by atoms with Gasteiger partial charge in [-0.25, -0.2) is 0 Å². The van der Waals surface area contributed by atoms with Crippen LogP contribution in [0.3, 0.4) is 0 Å². The SMILES string of the molecule is CC[C@@H](C)[NH+]1CC[NH+](Cc2cccc3ccccc23)CC1. The van der Waals surface area contributed by atoms with Crippen molar-refractivity contribution in [3.05, 3.63) is 48.0 Å². The summed E-state index contributed by atoms with van der Waals surface area (Å²) in [4.78, 5) is 3.55. The fourth-order valence-corrected chi connectivity index (χ4v) is 3.60. The molecule has 21 heavy (non-hydrogen) atoms. The molecule has 0 radical (unpaired) electrons. The van der Waals surface area contributed by atoms with Gasteiger partial charge in [-0.2, -0.15) is 0 Å². The lowest BCUT2D eigenvalue weighted by Gasteiger charge is -2.33. The van der Waals surface area contributed by atoms with E-state index in [-0.39, 0.29) is 0 Å². The first-order chi connectivity index (χ1) is 10.3. The number of piperazine rings is 1. The fraction of sp³-hybridized carbons (Fsp3) is 0.474. The van der Waals surface area contributed by atoms with Crippen molar-refractivity contribution in [3.63, 3.8) is 0 Å². The number of nitrogens with one attached hydrogen (secondary N) is 2. The van der Waals surface area contributed by atoms with Crippen LogP contribution in [0.2, 0.25) is 0 Å². The van der Waals surface area contributed by atoms with Crippen molar-refractivity contribution >= 4 is 10.8 Å². The van der Waals surface area contributed by atoms with Gasteiger partial charge in [0.2, 0.25) is 0 Å². The Morgan fingerprint density at radius 2 is 1.67 bits per heavy atom. The molecule has 112 valence electrons. The Morgan fingerprint density at radius 1 is 0.952 bits per heavy atom. The van der Waals surface area contributed by atoms with Crippen LogP contribution in [-0.2, 0) is 6.54 Å². The first kappa shape index (κ1) is 14.6. The third-order valence-electron chi connectivity index (χ3n) is 5.23. The Balaban J connectivity index is 1.67. The summed E-state index contributed by atoms with van der Waals surface area (Å²) in [6.45, 7) is 11.2. The molecule has 2 N–H and O–H groups in total. The molecular formula is C19H28N2+2. The molecule has 2 heteroatoms. The van der Waals surface area contributed by atoms with Crippen molar-refractivity contribution in [2.24, 2.45) is 0 Å². The van der Waals surface area contributed by atoms with Gasteiger partial charge in [0.05, 0.1) is 6.04 Å². The Kier molecular flexibility index (Phi) is 4.57. The van der Waals surface area contributed by atoms with Gasteiger partial charge in [-0.1, -0.05) is 49.4 Å². The molecule has 2 nitrogen and oxygen atoms in total. The van der Waals surface area contributed by atoms with E-state index in [0.29, 0.717) is 0 Å². The van der Waals surface area contributed by atoms with E-state index in [1.807, 2.05) is 0 Å². The van der Waals surface area contributed by atoms with Crippen molar-refractivity contribution in [1.82, 2.24) is 0 Å². The van der Waals surface area contributed by atoms with E-state index in [0.717, 1.165) is 6.04 Å². The molecule has 1 saturated heterocycles. The molecule has 2 aromatic rings. The molecule has 0 saturated carbocycles. The second-order valence-corrected chi connectivity index (χ2v) is 6.53. The molecule has 0 aliphatic carbocycles. The zero-order valence-electron chi connectivity index (χ0n) is 13.4. The monoisotopic (exact) mass is 284 g/mol. The van der Waals surface area contributed by atoms with Gasteiger partial charge in [-0.3, -0.25) is 0 Å². The van der Waals surface area contributed by atoms with Crippen LogP contribution < -0.4 is 9.80 Å². The van der Waals surface area contributed by atoms with Crippen LogP contribution in [0, 0.1) is 0 Å². The second kappa shape index (κ2) is 6.59. The van der Waals surface area contributed by atoms with Gasteiger partial charge in [0.1, 0.15) is 32.7 Å². The van der Waals surface area contributed by atoms with Crippen LogP contribution >= 0.6 is 0 Å². The molecule has 1 atom stereocenters. The molecule has 0 unspecified atom stereocenters. The highest BCUT2D eigenvalue weighted by Gasteiger charge is 2.26. The normalized spacial score (nSPS) is 24.1. The molecule has 3 rings (SSSR count). The zero-order chi connectivity index (χ0) is 14.7. The molecule has 0 bridgehead atoms. The molecule has 2 aromatic carbocycles. The van der Waals surface area contributed by atoms with E-state index < -0.39 is 0 Å². The highest BCUT2D eigenvalue weighted by atomic mass is 15.3. The van der Waals surface area contributed by atoms with Crippen LogP contribution in [-0.4, -0.2) is 32.2 Å². The summed E-state index contributed by atoms with van der Waals surface area (Å²) in [6, 6.07) is 16.3. The van der Waals surface area contributed by atoms with Gasteiger partial charge in [-0.15, -0.1) is 0 Å². The lowest BCUT2D eigenvalue weighted by molar-refractivity contribution is -1.03. The van der Waals surface area contributed by atoms with E-state index >= 15 is 0 Å². The largest absolute Gasteiger partial charge is 0.323 e. The average Bonchev–Trinajstić information content (AvgIpc) is 2.55. The Hall–Kier alpha value is -1.38. The molecular weight excluding hydrogens is 256 g/mol. The number of hydrogen-bond donors (Lipinski definition) is 2. The smallest absolute Gasteiger partial charge is 0.127 e. The predicted octanol–water partition coefficient (Wildman–Crippen LogP) is 0.922. The quantitative estimate of drug-likeness (QED) is 0.826. The van der Waals surface area contributed by atoms with Gasteiger partial charge in [0, 0.05) is 5.56 Å². The minimum absolute atomic E-state index is 0.823. The maximum absolute atomic E-state index is 2.39. The Morgan fingerprint density at radius 3 is 2.43 bits per heavy atom. The van der Waals surface area contributed by atoms with Gasteiger partial charge >= 0.3 is 0 Å². The summed E-state index contributed by atoms with van der Waals surface area (Å²) in [5.74, 6) is 0. The van der Waals surface area contributed by atoms with Crippen molar-refractivity contribution in [2.75, 3.05) is 26.2 Å². The van der Waals surface area contributed by atoms with E-state index in [1.54, 1.807) is 9.80 Å². The van der Waals surface area contributed by atoms with Crippen LogP contribution in [0.4, 0.5) is 0 Å². The Labute approximate surface area is 128 Å². The lowest BCUT2D eigenvalue weighted by atomic mass is 10.0. The van der Waals surface area contributed by atoms with Crippen LogP contribution in [0.1, 0.15) is 25.8 Å². The molecule has 1 heterocycles.